The topological polar surface area (TPSA) is 64.7 Å². The van der Waals surface area contributed by atoms with Crippen molar-refractivity contribution in [2.75, 3.05) is 0 Å². The molecule has 0 fully saturated rings. The van der Waals surface area contributed by atoms with Crippen LogP contribution in [0.2, 0.25) is 0 Å². The van der Waals surface area contributed by atoms with Crippen molar-refractivity contribution in [2.45, 2.75) is 54.4 Å². The molecule has 84 heavy (non-hydrogen) atoms. The van der Waals surface area contributed by atoms with E-state index < -0.39 is 0 Å². The molecular formula is C76H64N4OS3. The minimum absolute atomic E-state index is 0.558. The summed E-state index contributed by atoms with van der Waals surface area (Å²) >= 11 is 5.27. The van der Waals surface area contributed by atoms with Crippen molar-refractivity contribution in [3.8, 4) is 11.1 Å². The van der Waals surface area contributed by atoms with Gasteiger partial charge in [-0.2, -0.15) is 0 Å². The highest BCUT2D eigenvalue weighted by Gasteiger charge is 2.23. The van der Waals surface area contributed by atoms with Crippen LogP contribution in [0.25, 0.3) is 96.0 Å². The van der Waals surface area contributed by atoms with Crippen LogP contribution in [-0.2, 0) is 0 Å². The molecule has 412 valence electrons. The lowest BCUT2D eigenvalue weighted by atomic mass is 10.00. The molecule has 0 N–H and O–H groups in total. The first kappa shape index (κ1) is 56.7. The minimum atomic E-state index is 0.558. The van der Waals surface area contributed by atoms with E-state index in [4.69, 9.17) is 4.42 Å². The summed E-state index contributed by atoms with van der Waals surface area (Å²) in [5, 5.41) is 13.9. The average Bonchev–Trinajstić information content (AvgIpc) is 4.54. The molecular weight excluding hydrogens is 1080 g/mol. The molecule has 5 nitrogen and oxygen atoms in total. The Morgan fingerprint density at radius 2 is 0.845 bits per heavy atom. The van der Waals surface area contributed by atoms with Gasteiger partial charge in [-0.1, -0.05) is 231 Å². The third kappa shape index (κ3) is 13.3. The summed E-state index contributed by atoms with van der Waals surface area (Å²) in [7, 11) is 0. The lowest BCUT2D eigenvalue weighted by molar-refractivity contribution is 0.561. The van der Waals surface area contributed by atoms with Gasteiger partial charge in [0.05, 0.1) is 45.7 Å². The Labute approximate surface area is 503 Å². The number of benzene rings is 12. The molecule has 0 aliphatic heterocycles. The molecule has 4 heterocycles. The lowest BCUT2D eigenvalue weighted by Crippen LogP contribution is -1.87. The molecule has 0 radical (unpaired) electrons. The van der Waals surface area contributed by atoms with Crippen LogP contribution in [0.4, 0.5) is 0 Å². The van der Waals surface area contributed by atoms with E-state index >= 15 is 0 Å². The quantitative estimate of drug-likeness (QED) is 0.151. The Morgan fingerprint density at radius 3 is 1.55 bits per heavy atom. The van der Waals surface area contributed by atoms with Crippen molar-refractivity contribution in [1.29, 1.82) is 0 Å². The fourth-order valence-corrected chi connectivity index (χ4v) is 13.2. The number of aromatic nitrogens is 4. The average molecular weight is 1150 g/mol. The van der Waals surface area contributed by atoms with E-state index in [0.717, 1.165) is 48.6 Å². The number of nitrogens with zero attached hydrogens (tertiary/aromatic N) is 4. The van der Waals surface area contributed by atoms with E-state index in [1.807, 2.05) is 56.3 Å². The highest BCUT2D eigenvalue weighted by molar-refractivity contribution is 7.19. The van der Waals surface area contributed by atoms with Gasteiger partial charge in [0.25, 0.3) is 0 Å². The van der Waals surface area contributed by atoms with Gasteiger partial charge < -0.3 is 4.42 Å². The van der Waals surface area contributed by atoms with E-state index in [2.05, 4.69) is 267 Å². The van der Waals surface area contributed by atoms with Crippen molar-refractivity contribution in [3.05, 3.63) is 298 Å². The van der Waals surface area contributed by atoms with Gasteiger partial charge in [0, 0.05) is 23.6 Å². The van der Waals surface area contributed by atoms with Crippen LogP contribution in [0.15, 0.2) is 259 Å². The van der Waals surface area contributed by atoms with Crippen molar-refractivity contribution < 1.29 is 4.42 Å². The molecule has 17 rings (SSSR count). The van der Waals surface area contributed by atoms with Crippen LogP contribution in [0.5, 0.6) is 0 Å². The van der Waals surface area contributed by atoms with E-state index in [1.165, 1.54) is 90.6 Å². The number of para-hydroxylation sites is 3. The standard InChI is InChI=1S/C14H12.2C12H9NS.2C11H10.C8H7NO.C8H7NS/c1-10-11-6-2-4-8-13(11)14-9-5-3-7-12(10)14;1-8-13-12-10-5-3-2-4-9(10)6-7-11(12)14-8;1-8-13-11-7-6-9-4-2-3-5-10(9)12(11)14-8;1-9-5-4-7-10-6-2-3-8-11(9)10;1-9-6-7-10-4-2-3-5-11(10)8-9;2*1-6-9-7-4-2-3-5-8(7)10-6/h2-10H,1H3;2*2-7H,1H3;2*2-8H,1H3;2*2-5H,1H3. The second-order valence-corrected chi connectivity index (χ2v) is 24.4. The first-order chi connectivity index (χ1) is 41.0. The second-order valence-electron chi connectivity index (χ2n) is 20.7. The van der Waals surface area contributed by atoms with Crippen LogP contribution in [0.3, 0.4) is 0 Å². The zero-order valence-corrected chi connectivity index (χ0v) is 50.7. The maximum atomic E-state index is 5.26. The van der Waals surface area contributed by atoms with Crippen LogP contribution in [0, 0.1) is 41.5 Å². The third-order valence-electron chi connectivity index (χ3n) is 14.6. The summed E-state index contributed by atoms with van der Waals surface area (Å²) < 4.78 is 9.12. The predicted molar refractivity (Wildman–Crippen MR) is 364 cm³/mol. The first-order valence-corrected chi connectivity index (χ1v) is 30.7. The summed E-state index contributed by atoms with van der Waals surface area (Å²) in [5.41, 5.74) is 13.6. The summed E-state index contributed by atoms with van der Waals surface area (Å²) in [5.74, 6) is 1.28. The SMILES string of the molecule is CC1c2ccccc2-c2ccccc21.Cc1ccc2ccccc2c1.Cc1cccc2ccccc12.Cc1nc2c(ccc3ccccc32)s1.Cc1nc2ccc3ccccc3c2s1.Cc1nc2ccccc2o1.Cc1nc2ccccc2s1. The Kier molecular flexibility index (Phi) is 17.8. The van der Waals surface area contributed by atoms with Gasteiger partial charge in [-0.25, -0.2) is 19.9 Å². The fourth-order valence-electron chi connectivity index (χ4n) is 10.6. The number of oxazole rings is 1. The molecule has 0 amide bonds. The molecule has 0 bridgehead atoms. The number of thiazole rings is 3. The molecule has 16 aromatic rings. The fraction of sp³-hybridized carbons (Fsp3) is 0.105. The Morgan fingerprint density at radius 1 is 0.345 bits per heavy atom. The zero-order chi connectivity index (χ0) is 57.9. The first-order valence-electron chi connectivity index (χ1n) is 28.2. The van der Waals surface area contributed by atoms with E-state index in [-0.39, 0.29) is 0 Å². The van der Waals surface area contributed by atoms with Gasteiger partial charge in [-0.3, -0.25) is 0 Å². The van der Waals surface area contributed by atoms with Gasteiger partial charge >= 0.3 is 0 Å². The highest BCUT2D eigenvalue weighted by atomic mass is 32.1. The zero-order valence-electron chi connectivity index (χ0n) is 48.2. The summed E-state index contributed by atoms with van der Waals surface area (Å²) in [6.07, 6.45) is 0. The second kappa shape index (κ2) is 26.4. The minimum Gasteiger partial charge on any atom is -0.441 e. The molecule has 0 spiro atoms. The van der Waals surface area contributed by atoms with E-state index in [0.29, 0.717) is 5.92 Å². The summed E-state index contributed by atoms with van der Waals surface area (Å²) in [6, 6.07) is 88.5. The molecule has 1 aliphatic rings. The van der Waals surface area contributed by atoms with Crippen LogP contribution in [-0.4, -0.2) is 19.9 Å². The molecule has 12 aromatic carbocycles. The number of hydrogen-bond donors (Lipinski definition) is 0. The normalized spacial score (nSPS) is 11.2. The molecule has 0 saturated heterocycles. The van der Waals surface area contributed by atoms with Crippen molar-refractivity contribution in [3.63, 3.8) is 0 Å². The van der Waals surface area contributed by atoms with Gasteiger partial charge in [-0.05, 0) is 131 Å². The lowest BCUT2D eigenvalue weighted by Gasteiger charge is -2.04. The highest BCUT2D eigenvalue weighted by Crippen LogP contribution is 2.44. The van der Waals surface area contributed by atoms with E-state index in [9.17, 15) is 0 Å². The van der Waals surface area contributed by atoms with Crippen molar-refractivity contribution in [1.82, 2.24) is 19.9 Å². The molecule has 4 aromatic heterocycles. The van der Waals surface area contributed by atoms with Crippen LogP contribution < -0.4 is 0 Å². The summed E-state index contributed by atoms with van der Waals surface area (Å²) in [4.78, 5) is 17.5. The molecule has 0 unspecified atom stereocenters. The maximum Gasteiger partial charge on any atom is 0.192 e. The van der Waals surface area contributed by atoms with Gasteiger partial charge in [0.1, 0.15) is 5.52 Å². The Balaban J connectivity index is 0.000000103. The molecule has 8 heteroatoms. The molecule has 0 atom stereocenters. The van der Waals surface area contributed by atoms with Gasteiger partial charge in [-0.15, -0.1) is 34.0 Å². The maximum absolute atomic E-state index is 5.26. The van der Waals surface area contributed by atoms with Gasteiger partial charge in [0.2, 0.25) is 0 Å². The van der Waals surface area contributed by atoms with E-state index in [1.54, 1.807) is 34.0 Å². The molecule has 1 aliphatic carbocycles. The third-order valence-corrected chi connectivity index (χ3v) is 17.5. The number of fused-ring (bicyclic) bond motifs is 13. The Bertz CT molecular complexity index is 4570. The van der Waals surface area contributed by atoms with Crippen LogP contribution >= 0.6 is 34.0 Å². The van der Waals surface area contributed by atoms with Crippen LogP contribution in [0.1, 0.15) is 56.0 Å². The largest absolute Gasteiger partial charge is 0.441 e. The monoisotopic (exact) mass is 1140 g/mol. The predicted octanol–water partition coefficient (Wildman–Crippen LogP) is 22.4. The van der Waals surface area contributed by atoms with Gasteiger partial charge in [0.15, 0.2) is 11.5 Å². The molecule has 0 saturated carbocycles. The summed E-state index contributed by atoms with van der Waals surface area (Å²) in [6.45, 7) is 14.5. The number of hydrogen-bond acceptors (Lipinski definition) is 8. The number of aryl methyl sites for hydroxylation is 6. The van der Waals surface area contributed by atoms with Crippen molar-refractivity contribution in [2.24, 2.45) is 0 Å². The smallest absolute Gasteiger partial charge is 0.192 e. The number of rotatable bonds is 0. The Hall–Kier alpha value is -9.18. The van der Waals surface area contributed by atoms with Crippen molar-refractivity contribution >= 4 is 119 Å².